The second-order valence-electron chi connectivity index (χ2n) is 4.68. The Labute approximate surface area is 125 Å². The van der Waals surface area contributed by atoms with E-state index in [0.717, 1.165) is 6.42 Å². The summed E-state index contributed by atoms with van der Waals surface area (Å²) >= 11 is 0. The first kappa shape index (κ1) is 16.8. The van der Waals surface area contributed by atoms with E-state index >= 15 is 0 Å². The average molecular weight is 291 g/mol. The molecule has 6 nitrogen and oxygen atoms in total. The molecule has 0 saturated carbocycles. The van der Waals surface area contributed by atoms with Gasteiger partial charge in [0.25, 0.3) is 0 Å². The van der Waals surface area contributed by atoms with Crippen LogP contribution in [0.5, 0.6) is 5.75 Å². The number of anilines is 1. The Balaban J connectivity index is 2.39. The van der Waals surface area contributed by atoms with Crippen molar-refractivity contribution < 1.29 is 14.3 Å². The van der Waals surface area contributed by atoms with Gasteiger partial charge in [0, 0.05) is 18.8 Å². The Hall–Kier alpha value is -2.26. The molecule has 0 aromatic heterocycles. The lowest BCUT2D eigenvalue weighted by molar-refractivity contribution is 0.0775. The number of ether oxygens (including phenoxy) is 2. The minimum absolute atomic E-state index is 0.197. The second kappa shape index (κ2) is 8.82. The maximum Gasteiger partial charge on any atom is 0.319 e. The Bertz CT molecular complexity index is 509. The molecule has 0 aliphatic heterocycles. The van der Waals surface area contributed by atoms with Crippen LogP contribution in [0.1, 0.15) is 25.8 Å². The molecule has 6 heteroatoms. The predicted octanol–water partition coefficient (Wildman–Crippen LogP) is 2.50. The summed E-state index contributed by atoms with van der Waals surface area (Å²) in [5, 5.41) is 14.4. The van der Waals surface area contributed by atoms with Crippen molar-refractivity contribution in [2.75, 3.05) is 25.6 Å². The lowest BCUT2D eigenvalue weighted by Gasteiger charge is -2.10. The third-order valence-corrected chi connectivity index (χ3v) is 2.64. The molecule has 0 unspecified atom stereocenters. The van der Waals surface area contributed by atoms with E-state index in [9.17, 15) is 4.79 Å². The molecule has 0 bridgehead atoms. The van der Waals surface area contributed by atoms with Gasteiger partial charge in [0.05, 0.1) is 18.8 Å². The number of carbonyl (C=O) groups is 1. The first-order chi connectivity index (χ1) is 10.1. The molecule has 0 aliphatic rings. The first-order valence-electron chi connectivity index (χ1n) is 6.81. The molecule has 0 saturated heterocycles. The molecule has 2 amide bonds. The van der Waals surface area contributed by atoms with Crippen LogP contribution in [-0.4, -0.2) is 32.4 Å². The fraction of sp³-hybridized carbons (Fsp3) is 0.467. The van der Waals surface area contributed by atoms with E-state index < -0.39 is 0 Å². The minimum atomic E-state index is -0.311. The van der Waals surface area contributed by atoms with Crippen molar-refractivity contribution in [3.05, 3.63) is 23.8 Å². The maximum atomic E-state index is 11.7. The summed E-state index contributed by atoms with van der Waals surface area (Å²) < 4.78 is 10.4. The van der Waals surface area contributed by atoms with Crippen molar-refractivity contribution in [2.45, 2.75) is 26.4 Å². The van der Waals surface area contributed by atoms with Crippen LogP contribution in [0.4, 0.5) is 10.5 Å². The average Bonchev–Trinajstić information content (AvgIpc) is 2.46. The quantitative estimate of drug-likeness (QED) is 0.756. The van der Waals surface area contributed by atoms with Crippen molar-refractivity contribution in [1.82, 2.24) is 5.32 Å². The molecule has 21 heavy (non-hydrogen) atoms. The van der Waals surface area contributed by atoms with Crippen LogP contribution < -0.4 is 15.4 Å². The van der Waals surface area contributed by atoms with Gasteiger partial charge in [0.1, 0.15) is 11.8 Å². The Morgan fingerprint density at radius 1 is 1.43 bits per heavy atom. The van der Waals surface area contributed by atoms with Crippen molar-refractivity contribution >= 4 is 11.7 Å². The standard InChI is InChI=1S/C15H21N3O3/c1-11(2)21-8-4-7-17-15(19)18-13-5-6-14(20-3)12(9-13)10-16/h5-6,9,11H,4,7-8H2,1-3H3,(H2,17,18,19). The largest absolute Gasteiger partial charge is 0.495 e. The van der Waals surface area contributed by atoms with E-state index in [1.807, 2.05) is 19.9 Å². The van der Waals surface area contributed by atoms with Crippen LogP contribution >= 0.6 is 0 Å². The zero-order valence-electron chi connectivity index (χ0n) is 12.6. The number of hydrogen-bond acceptors (Lipinski definition) is 4. The molecule has 0 spiro atoms. The van der Waals surface area contributed by atoms with Crippen molar-refractivity contribution in [3.63, 3.8) is 0 Å². The highest BCUT2D eigenvalue weighted by Crippen LogP contribution is 2.21. The van der Waals surface area contributed by atoms with Gasteiger partial charge in [-0.3, -0.25) is 0 Å². The number of hydrogen-bond donors (Lipinski definition) is 2. The van der Waals surface area contributed by atoms with Crippen LogP contribution in [0.2, 0.25) is 0 Å². The third-order valence-electron chi connectivity index (χ3n) is 2.64. The molecule has 0 atom stereocenters. The van der Waals surface area contributed by atoms with Gasteiger partial charge in [0.2, 0.25) is 0 Å². The van der Waals surface area contributed by atoms with Gasteiger partial charge in [0.15, 0.2) is 0 Å². The number of benzene rings is 1. The molecule has 1 rings (SSSR count). The molecule has 1 aromatic carbocycles. The highest BCUT2D eigenvalue weighted by atomic mass is 16.5. The molecule has 0 aliphatic carbocycles. The van der Waals surface area contributed by atoms with Gasteiger partial charge >= 0.3 is 6.03 Å². The summed E-state index contributed by atoms with van der Waals surface area (Å²) in [4.78, 5) is 11.7. The molecule has 2 N–H and O–H groups in total. The second-order valence-corrected chi connectivity index (χ2v) is 4.68. The molecule has 114 valence electrons. The molecular weight excluding hydrogens is 270 g/mol. The number of urea groups is 1. The van der Waals surface area contributed by atoms with Crippen molar-refractivity contribution in [3.8, 4) is 11.8 Å². The van der Waals surface area contributed by atoms with E-state index in [-0.39, 0.29) is 12.1 Å². The molecule has 1 aromatic rings. The third kappa shape index (κ3) is 6.15. The minimum Gasteiger partial charge on any atom is -0.495 e. The van der Waals surface area contributed by atoms with E-state index in [1.165, 1.54) is 7.11 Å². The van der Waals surface area contributed by atoms with Crippen LogP contribution in [0.3, 0.4) is 0 Å². The van der Waals surface area contributed by atoms with Crippen LogP contribution in [0, 0.1) is 11.3 Å². The Morgan fingerprint density at radius 2 is 2.19 bits per heavy atom. The van der Waals surface area contributed by atoms with Gasteiger partial charge in [-0.2, -0.15) is 5.26 Å². The summed E-state index contributed by atoms with van der Waals surface area (Å²) in [5.74, 6) is 0.481. The summed E-state index contributed by atoms with van der Waals surface area (Å²) in [7, 11) is 1.50. The smallest absolute Gasteiger partial charge is 0.319 e. The van der Waals surface area contributed by atoms with Gasteiger partial charge in [-0.1, -0.05) is 0 Å². The topological polar surface area (TPSA) is 83.4 Å². The normalized spacial score (nSPS) is 10.0. The van der Waals surface area contributed by atoms with Crippen molar-refractivity contribution in [1.29, 1.82) is 5.26 Å². The number of carbonyl (C=O) groups excluding carboxylic acids is 1. The van der Waals surface area contributed by atoms with E-state index in [1.54, 1.807) is 18.2 Å². The van der Waals surface area contributed by atoms with Crippen LogP contribution in [-0.2, 0) is 4.74 Å². The monoisotopic (exact) mass is 291 g/mol. The number of methoxy groups -OCH3 is 1. The van der Waals surface area contributed by atoms with Gasteiger partial charge in [-0.15, -0.1) is 0 Å². The number of nitrogens with one attached hydrogen (secondary N) is 2. The zero-order chi connectivity index (χ0) is 15.7. The summed E-state index contributed by atoms with van der Waals surface area (Å²) in [6.07, 6.45) is 0.944. The van der Waals surface area contributed by atoms with Crippen LogP contribution in [0.25, 0.3) is 0 Å². The molecular formula is C15H21N3O3. The Morgan fingerprint density at radius 3 is 2.81 bits per heavy atom. The van der Waals surface area contributed by atoms with Gasteiger partial charge in [-0.05, 0) is 38.5 Å². The number of amides is 2. The Kier molecular flexibility index (Phi) is 7.05. The highest BCUT2D eigenvalue weighted by Gasteiger charge is 2.06. The van der Waals surface area contributed by atoms with Gasteiger partial charge < -0.3 is 20.1 Å². The molecule has 0 radical (unpaired) electrons. The van der Waals surface area contributed by atoms with E-state index in [2.05, 4.69) is 10.6 Å². The SMILES string of the molecule is COc1ccc(NC(=O)NCCCOC(C)C)cc1C#N. The lowest BCUT2D eigenvalue weighted by atomic mass is 10.2. The predicted molar refractivity (Wildman–Crippen MR) is 80.4 cm³/mol. The van der Waals surface area contributed by atoms with Crippen LogP contribution in [0.15, 0.2) is 18.2 Å². The van der Waals surface area contributed by atoms with Gasteiger partial charge in [-0.25, -0.2) is 4.79 Å². The maximum absolute atomic E-state index is 11.7. The summed E-state index contributed by atoms with van der Waals surface area (Å²) in [6, 6.07) is 6.60. The lowest BCUT2D eigenvalue weighted by Crippen LogP contribution is -2.30. The van der Waals surface area contributed by atoms with E-state index in [0.29, 0.717) is 30.2 Å². The van der Waals surface area contributed by atoms with Crippen molar-refractivity contribution in [2.24, 2.45) is 0 Å². The molecule has 0 heterocycles. The summed E-state index contributed by atoms with van der Waals surface area (Å²) in [5.41, 5.74) is 0.920. The zero-order valence-corrected chi connectivity index (χ0v) is 12.6. The number of nitrogens with zero attached hydrogens (tertiary/aromatic N) is 1. The fourth-order valence-electron chi connectivity index (χ4n) is 1.64. The number of rotatable bonds is 7. The first-order valence-corrected chi connectivity index (χ1v) is 6.81. The number of nitriles is 1. The van der Waals surface area contributed by atoms with E-state index in [4.69, 9.17) is 14.7 Å². The summed E-state index contributed by atoms with van der Waals surface area (Å²) in [6.45, 7) is 5.08. The highest BCUT2D eigenvalue weighted by molar-refractivity contribution is 5.89. The molecule has 0 fully saturated rings. The fourth-order valence-corrected chi connectivity index (χ4v) is 1.64.